The molecule has 0 aliphatic carbocycles. The number of carbonyl (C=O) groups is 2. The molecule has 2 aromatic carbocycles. The van der Waals surface area contributed by atoms with E-state index < -0.39 is 0 Å². The van der Waals surface area contributed by atoms with E-state index in [-0.39, 0.29) is 30.4 Å². The van der Waals surface area contributed by atoms with Gasteiger partial charge in [0.1, 0.15) is 12.4 Å². The minimum Gasteiger partial charge on any atom is -0.376 e. The Bertz CT molecular complexity index is 1160. The minimum atomic E-state index is -0.328. The third-order valence-electron chi connectivity index (χ3n) is 6.47. The monoisotopic (exact) mass is 509 g/mol. The molecule has 3 aromatic rings. The van der Waals surface area contributed by atoms with Crippen LogP contribution in [0.2, 0.25) is 0 Å². The fourth-order valence-electron chi connectivity index (χ4n) is 4.23. The summed E-state index contributed by atoms with van der Waals surface area (Å²) in [7, 11) is 0. The van der Waals surface area contributed by atoms with Crippen molar-refractivity contribution < 1.29 is 18.7 Å². The predicted molar refractivity (Wildman–Crippen MR) is 140 cm³/mol. The quantitative estimate of drug-likeness (QED) is 0.400. The molecule has 2 heterocycles. The van der Waals surface area contributed by atoms with Crippen LogP contribution in [0.5, 0.6) is 0 Å². The number of ether oxygens (including phenoxy) is 1. The summed E-state index contributed by atoms with van der Waals surface area (Å²) >= 11 is 1.57. The largest absolute Gasteiger partial charge is 0.376 e. The Morgan fingerprint density at radius 3 is 2.56 bits per heavy atom. The lowest BCUT2D eigenvalue weighted by molar-refractivity contribution is -0.133. The Balaban J connectivity index is 1.52. The molecule has 1 atom stereocenters. The van der Waals surface area contributed by atoms with Crippen LogP contribution in [-0.2, 0) is 22.6 Å². The van der Waals surface area contributed by atoms with Gasteiger partial charge >= 0.3 is 6.03 Å². The Kier molecular flexibility index (Phi) is 8.72. The number of hydrogen-bond donors (Lipinski definition) is 1. The van der Waals surface area contributed by atoms with Gasteiger partial charge in [0.2, 0.25) is 5.91 Å². The lowest BCUT2D eigenvalue weighted by Crippen LogP contribution is -2.46. The van der Waals surface area contributed by atoms with Gasteiger partial charge in [0.15, 0.2) is 0 Å². The standard InChI is InChI=1S/C28H32FN3O3S/c1-20-6-3-9-26(21(20)2)30-28(34)32(17-24-7-4-14-35-24)19-27(33)31(18-25-8-5-15-36-25)16-22-10-12-23(29)13-11-22/h3,5-6,8-13,15,24H,4,7,14,16-19H2,1-2H3,(H,30,34)/t24-/m1/s1. The summed E-state index contributed by atoms with van der Waals surface area (Å²) in [5.41, 5.74) is 3.62. The summed E-state index contributed by atoms with van der Waals surface area (Å²) in [6.45, 7) is 5.63. The van der Waals surface area contributed by atoms with Crippen LogP contribution >= 0.6 is 11.3 Å². The Morgan fingerprint density at radius 2 is 1.86 bits per heavy atom. The van der Waals surface area contributed by atoms with E-state index in [2.05, 4.69) is 5.32 Å². The van der Waals surface area contributed by atoms with Crippen LogP contribution in [0.3, 0.4) is 0 Å². The lowest BCUT2D eigenvalue weighted by atomic mass is 10.1. The number of benzene rings is 2. The highest BCUT2D eigenvalue weighted by molar-refractivity contribution is 7.09. The summed E-state index contributed by atoms with van der Waals surface area (Å²) in [6.07, 6.45) is 1.71. The molecule has 1 fully saturated rings. The second-order valence-corrected chi connectivity index (χ2v) is 10.2. The second-order valence-electron chi connectivity index (χ2n) is 9.15. The van der Waals surface area contributed by atoms with E-state index >= 15 is 0 Å². The molecule has 36 heavy (non-hydrogen) atoms. The van der Waals surface area contributed by atoms with Crippen molar-refractivity contribution in [3.8, 4) is 0 Å². The molecule has 1 aromatic heterocycles. The second kappa shape index (κ2) is 12.1. The smallest absolute Gasteiger partial charge is 0.322 e. The third-order valence-corrected chi connectivity index (χ3v) is 7.33. The number of hydrogen-bond acceptors (Lipinski definition) is 4. The number of urea groups is 1. The molecule has 8 heteroatoms. The topological polar surface area (TPSA) is 61.9 Å². The van der Waals surface area contributed by atoms with Crippen molar-refractivity contribution in [3.05, 3.63) is 87.4 Å². The van der Waals surface area contributed by atoms with E-state index in [0.717, 1.165) is 40.1 Å². The van der Waals surface area contributed by atoms with Crippen molar-refractivity contribution in [2.24, 2.45) is 0 Å². The zero-order valence-electron chi connectivity index (χ0n) is 20.7. The molecule has 1 aliphatic heterocycles. The Morgan fingerprint density at radius 1 is 1.06 bits per heavy atom. The predicted octanol–water partition coefficient (Wildman–Crippen LogP) is 5.75. The molecule has 1 saturated heterocycles. The van der Waals surface area contributed by atoms with Crippen molar-refractivity contribution in [2.75, 3.05) is 25.0 Å². The van der Waals surface area contributed by atoms with E-state index in [4.69, 9.17) is 4.74 Å². The van der Waals surface area contributed by atoms with Gasteiger partial charge in [-0.3, -0.25) is 4.79 Å². The summed E-state index contributed by atoms with van der Waals surface area (Å²) in [5, 5.41) is 4.96. The summed E-state index contributed by atoms with van der Waals surface area (Å²) in [4.78, 5) is 31.3. The van der Waals surface area contributed by atoms with E-state index in [1.807, 2.05) is 49.6 Å². The number of nitrogens with zero attached hydrogens (tertiary/aromatic N) is 2. The van der Waals surface area contributed by atoms with Gasteiger partial charge in [-0.05, 0) is 73.0 Å². The normalized spacial score (nSPS) is 15.0. The molecule has 1 N–H and O–H groups in total. The number of carbonyl (C=O) groups excluding carboxylic acids is 2. The van der Waals surface area contributed by atoms with E-state index in [0.29, 0.717) is 26.2 Å². The molecule has 0 bridgehead atoms. The highest BCUT2D eigenvalue weighted by Gasteiger charge is 2.27. The molecule has 0 unspecified atom stereocenters. The van der Waals surface area contributed by atoms with Crippen molar-refractivity contribution in [3.63, 3.8) is 0 Å². The van der Waals surface area contributed by atoms with Gasteiger partial charge in [-0.15, -0.1) is 11.3 Å². The minimum absolute atomic E-state index is 0.0802. The first-order valence-corrected chi connectivity index (χ1v) is 13.1. The molecule has 3 amide bonds. The molecular formula is C28H32FN3O3S. The van der Waals surface area contributed by atoms with Gasteiger partial charge in [-0.1, -0.05) is 30.3 Å². The highest BCUT2D eigenvalue weighted by Crippen LogP contribution is 2.21. The summed E-state index contributed by atoms with van der Waals surface area (Å²) in [5.74, 6) is -0.498. The molecule has 0 saturated carbocycles. The van der Waals surface area contributed by atoms with Crippen molar-refractivity contribution >= 4 is 29.0 Å². The van der Waals surface area contributed by atoms with Crippen LogP contribution in [-0.4, -0.2) is 47.5 Å². The Hall–Kier alpha value is -3.23. The van der Waals surface area contributed by atoms with Crippen LogP contribution in [0.1, 0.15) is 34.4 Å². The molecule has 190 valence electrons. The number of nitrogens with one attached hydrogen (secondary N) is 1. The van der Waals surface area contributed by atoms with Gasteiger partial charge in [0.25, 0.3) is 0 Å². The fourth-order valence-corrected chi connectivity index (χ4v) is 4.95. The number of amides is 3. The first-order valence-electron chi connectivity index (χ1n) is 12.2. The SMILES string of the molecule is Cc1cccc(NC(=O)N(CC(=O)N(Cc2ccc(F)cc2)Cc2cccs2)C[C@H]2CCCO2)c1C. The fraction of sp³-hybridized carbons (Fsp3) is 0.357. The van der Waals surface area contributed by atoms with Gasteiger partial charge in [-0.25, -0.2) is 9.18 Å². The van der Waals surface area contributed by atoms with E-state index in [9.17, 15) is 14.0 Å². The molecule has 4 rings (SSSR count). The van der Waals surface area contributed by atoms with Gasteiger partial charge in [-0.2, -0.15) is 0 Å². The van der Waals surface area contributed by atoms with Crippen LogP contribution in [0.25, 0.3) is 0 Å². The van der Waals surface area contributed by atoms with Gasteiger partial charge < -0.3 is 19.9 Å². The van der Waals surface area contributed by atoms with Crippen LogP contribution in [0.4, 0.5) is 14.9 Å². The molecule has 1 aliphatic rings. The maximum absolute atomic E-state index is 13.6. The number of aryl methyl sites for hydroxylation is 1. The van der Waals surface area contributed by atoms with Crippen LogP contribution < -0.4 is 5.32 Å². The molecular weight excluding hydrogens is 477 g/mol. The molecule has 0 spiro atoms. The highest BCUT2D eigenvalue weighted by atomic mass is 32.1. The van der Waals surface area contributed by atoms with Crippen LogP contribution in [0.15, 0.2) is 60.0 Å². The molecule has 0 radical (unpaired) electrons. The van der Waals surface area contributed by atoms with Gasteiger partial charge in [0.05, 0.1) is 12.6 Å². The van der Waals surface area contributed by atoms with E-state index in [1.54, 1.807) is 33.3 Å². The van der Waals surface area contributed by atoms with Crippen LogP contribution in [0, 0.1) is 19.7 Å². The first kappa shape index (κ1) is 25.9. The van der Waals surface area contributed by atoms with Crippen molar-refractivity contribution in [2.45, 2.75) is 45.9 Å². The zero-order chi connectivity index (χ0) is 25.5. The first-order chi connectivity index (χ1) is 17.4. The average molecular weight is 510 g/mol. The van der Waals surface area contributed by atoms with Crippen molar-refractivity contribution in [1.82, 2.24) is 9.80 Å². The number of thiophene rings is 1. The number of rotatable bonds is 9. The average Bonchev–Trinajstić information content (AvgIpc) is 3.57. The maximum atomic E-state index is 13.6. The number of halogens is 1. The van der Waals surface area contributed by atoms with Crippen molar-refractivity contribution in [1.29, 1.82) is 0 Å². The van der Waals surface area contributed by atoms with Gasteiger partial charge in [0, 0.05) is 30.3 Å². The van der Waals surface area contributed by atoms with E-state index in [1.165, 1.54) is 12.1 Å². The number of anilines is 1. The maximum Gasteiger partial charge on any atom is 0.322 e. The lowest BCUT2D eigenvalue weighted by Gasteiger charge is -2.29. The third kappa shape index (κ3) is 6.92. The summed E-state index contributed by atoms with van der Waals surface area (Å²) in [6, 6.07) is 15.5. The summed E-state index contributed by atoms with van der Waals surface area (Å²) < 4.78 is 19.2. The molecule has 6 nitrogen and oxygen atoms in total. The zero-order valence-corrected chi connectivity index (χ0v) is 21.5. The Labute approximate surface area is 215 Å².